The summed E-state index contributed by atoms with van der Waals surface area (Å²) in [5.74, 6) is 0. The molecule has 1 unspecified atom stereocenters. The first-order valence-corrected chi connectivity index (χ1v) is 9.72. The van der Waals surface area contributed by atoms with Gasteiger partial charge in [0.15, 0.2) is 0 Å². The molecule has 2 heterocycles. The lowest BCUT2D eigenvalue weighted by molar-refractivity contribution is 0.272. The van der Waals surface area contributed by atoms with Crippen LogP contribution >= 0.6 is 35.3 Å². The third-order valence-corrected chi connectivity index (χ3v) is 7.73. The maximum absolute atomic E-state index is 13.0. The number of nitrogens with zero attached hydrogens (tertiary/aromatic N) is 1. The first-order chi connectivity index (χ1) is 10.5. The molecule has 1 N–H and O–H groups in total. The van der Waals surface area contributed by atoms with Gasteiger partial charge in [0.25, 0.3) is 10.0 Å². The maximum atomic E-state index is 13.0. The van der Waals surface area contributed by atoms with Crippen LogP contribution < -0.4 is 5.32 Å². The summed E-state index contributed by atoms with van der Waals surface area (Å²) in [6, 6.07) is 8.98. The highest BCUT2D eigenvalue weighted by atomic mass is 35.5. The van der Waals surface area contributed by atoms with Crippen LogP contribution in [-0.2, 0) is 10.0 Å². The van der Waals surface area contributed by atoms with Gasteiger partial charge in [0.05, 0.1) is 6.04 Å². The van der Waals surface area contributed by atoms with Gasteiger partial charge in [-0.1, -0.05) is 29.8 Å². The molecule has 0 radical (unpaired) electrons. The Hall–Kier alpha value is -0.630. The zero-order valence-electron chi connectivity index (χ0n) is 12.5. The Bertz CT molecular complexity index is 777. The summed E-state index contributed by atoms with van der Waals surface area (Å²) in [5, 5.41) is 5.67. The second kappa shape index (κ2) is 7.51. The molecule has 0 bridgehead atoms. The lowest BCUT2D eigenvalue weighted by Crippen LogP contribution is -2.48. The molecule has 1 fully saturated rings. The Morgan fingerprint density at radius 2 is 2.04 bits per heavy atom. The lowest BCUT2D eigenvalue weighted by atomic mass is 10.1. The quantitative estimate of drug-likeness (QED) is 0.869. The van der Waals surface area contributed by atoms with Crippen LogP contribution in [0.4, 0.5) is 0 Å². The second-order valence-corrected chi connectivity index (χ2v) is 8.66. The number of halogens is 2. The summed E-state index contributed by atoms with van der Waals surface area (Å²) in [6.07, 6.45) is 0. The Labute approximate surface area is 151 Å². The zero-order chi connectivity index (χ0) is 15.7. The summed E-state index contributed by atoms with van der Waals surface area (Å²) in [5.41, 5.74) is 1.63. The average Bonchev–Trinajstić information content (AvgIpc) is 2.95. The van der Waals surface area contributed by atoms with Crippen molar-refractivity contribution in [2.24, 2.45) is 0 Å². The number of nitrogens with one attached hydrogen (secondary N) is 1. The molecule has 1 aromatic carbocycles. The molecule has 1 atom stereocenters. The Balaban J connectivity index is 0.00000192. The second-order valence-electron chi connectivity index (χ2n) is 5.25. The highest BCUT2D eigenvalue weighted by molar-refractivity contribution is 7.91. The molecule has 23 heavy (non-hydrogen) atoms. The zero-order valence-corrected chi connectivity index (χ0v) is 15.7. The lowest BCUT2D eigenvalue weighted by Gasteiger charge is -2.35. The van der Waals surface area contributed by atoms with Gasteiger partial charge in [-0.05, 0) is 35.6 Å². The minimum atomic E-state index is -3.51. The molecule has 0 amide bonds. The minimum Gasteiger partial charge on any atom is -0.313 e. The van der Waals surface area contributed by atoms with Gasteiger partial charge in [0.2, 0.25) is 0 Å². The van der Waals surface area contributed by atoms with Crippen molar-refractivity contribution < 1.29 is 8.42 Å². The fraction of sp³-hybridized carbons (Fsp3) is 0.333. The Morgan fingerprint density at radius 3 is 2.70 bits per heavy atom. The van der Waals surface area contributed by atoms with Crippen LogP contribution in [-0.4, -0.2) is 32.4 Å². The van der Waals surface area contributed by atoms with Gasteiger partial charge < -0.3 is 5.32 Å². The van der Waals surface area contributed by atoms with Crippen molar-refractivity contribution in [1.29, 1.82) is 0 Å². The number of benzene rings is 1. The van der Waals surface area contributed by atoms with Gasteiger partial charge in [-0.25, -0.2) is 8.42 Å². The molecule has 0 spiro atoms. The van der Waals surface area contributed by atoms with Gasteiger partial charge in [-0.15, -0.1) is 23.7 Å². The van der Waals surface area contributed by atoms with Crippen LogP contribution in [0.1, 0.15) is 17.2 Å². The van der Waals surface area contributed by atoms with Crippen molar-refractivity contribution in [3.8, 4) is 0 Å². The molecule has 2 aromatic rings. The predicted molar refractivity (Wildman–Crippen MR) is 97.3 cm³/mol. The summed E-state index contributed by atoms with van der Waals surface area (Å²) < 4.78 is 28.1. The third kappa shape index (κ3) is 3.57. The monoisotopic (exact) mass is 392 g/mol. The molecule has 1 saturated heterocycles. The van der Waals surface area contributed by atoms with E-state index in [1.54, 1.807) is 10.4 Å². The molecule has 8 heteroatoms. The van der Waals surface area contributed by atoms with Gasteiger partial charge in [0.1, 0.15) is 4.21 Å². The predicted octanol–water partition coefficient (Wildman–Crippen LogP) is 3.47. The SMILES string of the molecule is Cc1ccsc1S(=O)(=O)N1CCNCC1c1ccccc1Cl.Cl. The Morgan fingerprint density at radius 1 is 1.30 bits per heavy atom. The van der Waals surface area contributed by atoms with Crippen LogP contribution in [0.3, 0.4) is 0 Å². The number of hydrogen-bond donors (Lipinski definition) is 1. The van der Waals surface area contributed by atoms with Gasteiger partial charge in [-0.2, -0.15) is 4.31 Å². The topological polar surface area (TPSA) is 49.4 Å². The number of piperazine rings is 1. The van der Waals surface area contributed by atoms with E-state index >= 15 is 0 Å². The molecular formula is C15H18Cl2N2O2S2. The van der Waals surface area contributed by atoms with Gasteiger partial charge in [0, 0.05) is 24.7 Å². The first-order valence-electron chi connectivity index (χ1n) is 7.03. The summed E-state index contributed by atoms with van der Waals surface area (Å²) >= 11 is 7.55. The smallest absolute Gasteiger partial charge is 0.253 e. The van der Waals surface area contributed by atoms with Crippen LogP contribution in [0.25, 0.3) is 0 Å². The molecule has 3 rings (SSSR count). The van der Waals surface area contributed by atoms with E-state index in [0.717, 1.165) is 11.1 Å². The molecule has 0 saturated carbocycles. The molecule has 1 aliphatic heterocycles. The van der Waals surface area contributed by atoms with E-state index in [0.29, 0.717) is 28.9 Å². The number of hydrogen-bond acceptors (Lipinski definition) is 4. The van der Waals surface area contributed by atoms with Crippen LogP contribution in [0.5, 0.6) is 0 Å². The van der Waals surface area contributed by atoms with Crippen LogP contribution in [0.15, 0.2) is 39.9 Å². The van der Waals surface area contributed by atoms with E-state index in [4.69, 9.17) is 11.6 Å². The van der Waals surface area contributed by atoms with Crippen molar-refractivity contribution in [2.75, 3.05) is 19.6 Å². The molecular weight excluding hydrogens is 375 g/mol. The van der Waals surface area contributed by atoms with E-state index in [1.807, 2.05) is 36.6 Å². The number of aryl methyl sites for hydroxylation is 1. The largest absolute Gasteiger partial charge is 0.313 e. The molecule has 0 aliphatic carbocycles. The van der Waals surface area contributed by atoms with Crippen molar-refractivity contribution in [1.82, 2.24) is 9.62 Å². The normalized spacial score (nSPS) is 19.3. The fourth-order valence-electron chi connectivity index (χ4n) is 2.71. The number of sulfonamides is 1. The van der Waals surface area contributed by atoms with E-state index in [2.05, 4.69) is 5.32 Å². The molecule has 1 aliphatic rings. The van der Waals surface area contributed by atoms with Gasteiger partial charge >= 0.3 is 0 Å². The highest BCUT2D eigenvalue weighted by Gasteiger charge is 2.36. The maximum Gasteiger partial charge on any atom is 0.253 e. The third-order valence-electron chi connectivity index (χ3n) is 3.82. The average molecular weight is 393 g/mol. The van der Waals surface area contributed by atoms with Crippen molar-refractivity contribution in [3.05, 3.63) is 51.9 Å². The van der Waals surface area contributed by atoms with Crippen molar-refractivity contribution in [3.63, 3.8) is 0 Å². The summed E-state index contributed by atoms with van der Waals surface area (Å²) in [6.45, 7) is 3.48. The standard InChI is InChI=1S/C15H17ClN2O2S2.ClH/c1-11-6-9-21-15(11)22(19,20)18-8-7-17-10-14(18)12-4-2-3-5-13(12)16;/h2-6,9,14,17H,7-8,10H2,1H3;1H. The van der Waals surface area contributed by atoms with E-state index in [-0.39, 0.29) is 18.4 Å². The minimum absolute atomic E-state index is 0. The van der Waals surface area contributed by atoms with Crippen molar-refractivity contribution in [2.45, 2.75) is 17.2 Å². The first kappa shape index (κ1) is 18.7. The van der Waals surface area contributed by atoms with Crippen LogP contribution in [0, 0.1) is 6.92 Å². The highest BCUT2D eigenvalue weighted by Crippen LogP contribution is 2.35. The fourth-order valence-corrected chi connectivity index (χ4v) is 6.11. The summed E-state index contributed by atoms with van der Waals surface area (Å²) in [7, 11) is -3.51. The number of thiophene rings is 1. The summed E-state index contributed by atoms with van der Waals surface area (Å²) in [4.78, 5) is 0. The van der Waals surface area contributed by atoms with Gasteiger partial charge in [-0.3, -0.25) is 0 Å². The van der Waals surface area contributed by atoms with E-state index in [1.165, 1.54) is 11.3 Å². The van der Waals surface area contributed by atoms with Crippen molar-refractivity contribution >= 4 is 45.4 Å². The molecule has 4 nitrogen and oxygen atoms in total. The Kier molecular flexibility index (Phi) is 6.10. The van der Waals surface area contributed by atoms with E-state index in [9.17, 15) is 8.42 Å². The molecule has 1 aromatic heterocycles. The van der Waals surface area contributed by atoms with Crippen LogP contribution in [0.2, 0.25) is 5.02 Å². The van der Waals surface area contributed by atoms with E-state index < -0.39 is 10.0 Å². The number of rotatable bonds is 3. The molecule has 126 valence electrons.